The van der Waals surface area contributed by atoms with Gasteiger partial charge in [-0.25, -0.2) is 15.0 Å². The fraction of sp³-hybridized carbons (Fsp3) is 0.812. The van der Waals surface area contributed by atoms with Crippen LogP contribution in [0.2, 0.25) is 0 Å². The Labute approximate surface area is 133 Å². The van der Waals surface area contributed by atoms with Crippen LogP contribution < -0.4 is 5.32 Å². The zero-order chi connectivity index (χ0) is 16.2. The molecular weight excluding hydrogens is 278 g/mol. The molecule has 1 saturated heterocycles. The molecule has 0 radical (unpaired) electrons. The Morgan fingerprint density at radius 1 is 1.14 bits per heavy atom. The molecule has 2 N–H and O–H groups in total. The molecule has 0 atom stereocenters. The van der Waals surface area contributed by atoms with Crippen LogP contribution in [0.4, 0.5) is 5.95 Å². The van der Waals surface area contributed by atoms with E-state index in [-0.39, 0.29) is 11.1 Å². The predicted octanol–water partition coefficient (Wildman–Crippen LogP) is 3.11. The van der Waals surface area contributed by atoms with Crippen molar-refractivity contribution in [3.63, 3.8) is 0 Å². The lowest BCUT2D eigenvalue weighted by molar-refractivity contribution is -0.251. The molecule has 2 heterocycles. The van der Waals surface area contributed by atoms with Gasteiger partial charge in [-0.05, 0) is 52.9 Å². The normalized spacial score (nSPS) is 21.7. The van der Waals surface area contributed by atoms with Crippen molar-refractivity contribution >= 4 is 5.95 Å². The Morgan fingerprint density at radius 2 is 1.73 bits per heavy atom. The maximum atomic E-state index is 10.3. The standard InChI is InChI=1S/C16H29N5O/c1-15(2)9-13(10-16(3,4)21(15)22)7-5-6-8-18-14-19-11-17-12-20-14/h11-13,22H,5-10H2,1-4H3,(H,17,18,19,20). The number of unbranched alkanes of at least 4 members (excludes halogenated alkanes) is 1. The Morgan fingerprint density at radius 3 is 2.32 bits per heavy atom. The molecule has 1 aromatic heterocycles. The van der Waals surface area contributed by atoms with E-state index in [2.05, 4.69) is 48.0 Å². The number of anilines is 1. The third-order valence-electron chi connectivity index (χ3n) is 4.54. The lowest BCUT2D eigenvalue weighted by Gasteiger charge is -2.51. The van der Waals surface area contributed by atoms with E-state index >= 15 is 0 Å². The SMILES string of the molecule is CC1(C)CC(CCCCNc2ncncn2)CC(C)(C)N1O. The van der Waals surface area contributed by atoms with Gasteiger partial charge in [0.2, 0.25) is 5.95 Å². The number of hydrogen-bond acceptors (Lipinski definition) is 6. The van der Waals surface area contributed by atoms with Crippen LogP contribution in [0.15, 0.2) is 12.7 Å². The van der Waals surface area contributed by atoms with Crippen molar-refractivity contribution in [2.45, 2.75) is 70.9 Å². The van der Waals surface area contributed by atoms with Crippen molar-refractivity contribution in [1.29, 1.82) is 0 Å². The number of aromatic nitrogens is 3. The minimum atomic E-state index is -0.143. The van der Waals surface area contributed by atoms with E-state index in [1.54, 1.807) is 5.06 Å². The molecule has 0 aromatic carbocycles. The molecule has 2 rings (SSSR count). The van der Waals surface area contributed by atoms with Gasteiger partial charge >= 0.3 is 0 Å². The van der Waals surface area contributed by atoms with Crippen molar-refractivity contribution in [3.8, 4) is 0 Å². The zero-order valence-electron chi connectivity index (χ0n) is 14.2. The van der Waals surface area contributed by atoms with Gasteiger partial charge in [0.05, 0.1) is 0 Å². The topological polar surface area (TPSA) is 74.2 Å². The third-order valence-corrected chi connectivity index (χ3v) is 4.54. The van der Waals surface area contributed by atoms with Crippen molar-refractivity contribution < 1.29 is 5.21 Å². The lowest BCUT2D eigenvalue weighted by Crippen LogP contribution is -2.58. The maximum absolute atomic E-state index is 10.3. The summed E-state index contributed by atoms with van der Waals surface area (Å²) < 4.78 is 0. The molecule has 6 nitrogen and oxygen atoms in total. The van der Waals surface area contributed by atoms with Crippen LogP contribution in [0.25, 0.3) is 0 Å². The maximum Gasteiger partial charge on any atom is 0.225 e. The minimum absolute atomic E-state index is 0.143. The predicted molar refractivity (Wildman–Crippen MR) is 86.7 cm³/mol. The minimum Gasteiger partial charge on any atom is -0.354 e. The van der Waals surface area contributed by atoms with E-state index in [1.807, 2.05) is 0 Å². The molecule has 6 heteroatoms. The second kappa shape index (κ2) is 6.87. The monoisotopic (exact) mass is 307 g/mol. The summed E-state index contributed by atoms with van der Waals surface area (Å²) in [5.41, 5.74) is -0.287. The fourth-order valence-corrected chi connectivity index (χ4v) is 3.77. The van der Waals surface area contributed by atoms with Crippen LogP contribution in [-0.4, -0.2) is 42.8 Å². The molecule has 0 bridgehead atoms. The van der Waals surface area contributed by atoms with Gasteiger partial charge in [0, 0.05) is 17.6 Å². The number of rotatable bonds is 6. The molecule has 1 aliphatic heterocycles. The van der Waals surface area contributed by atoms with Crippen molar-refractivity contribution in [2.75, 3.05) is 11.9 Å². The molecule has 1 fully saturated rings. The summed E-state index contributed by atoms with van der Waals surface area (Å²) in [5.74, 6) is 1.32. The van der Waals surface area contributed by atoms with E-state index in [0.29, 0.717) is 11.9 Å². The highest BCUT2D eigenvalue weighted by Gasteiger charge is 2.44. The quantitative estimate of drug-likeness (QED) is 0.787. The van der Waals surface area contributed by atoms with E-state index in [4.69, 9.17) is 0 Å². The van der Waals surface area contributed by atoms with Gasteiger partial charge in [-0.3, -0.25) is 0 Å². The first-order valence-corrected chi connectivity index (χ1v) is 8.16. The molecule has 22 heavy (non-hydrogen) atoms. The Bertz CT molecular complexity index is 445. The fourth-order valence-electron chi connectivity index (χ4n) is 3.77. The molecule has 1 aliphatic rings. The van der Waals surface area contributed by atoms with Gasteiger partial charge < -0.3 is 10.5 Å². The molecule has 0 unspecified atom stereocenters. The summed E-state index contributed by atoms with van der Waals surface area (Å²) in [6.45, 7) is 9.40. The van der Waals surface area contributed by atoms with Gasteiger partial charge in [0.1, 0.15) is 12.7 Å². The zero-order valence-corrected chi connectivity index (χ0v) is 14.2. The van der Waals surface area contributed by atoms with Gasteiger partial charge in [-0.1, -0.05) is 12.8 Å². The number of hydrogen-bond donors (Lipinski definition) is 2. The molecule has 0 aliphatic carbocycles. The molecule has 0 amide bonds. The third kappa shape index (κ3) is 4.36. The van der Waals surface area contributed by atoms with Gasteiger partial charge in [-0.15, -0.1) is 0 Å². The first kappa shape index (κ1) is 17.1. The average molecular weight is 307 g/mol. The average Bonchev–Trinajstić information content (AvgIpc) is 2.45. The van der Waals surface area contributed by atoms with E-state index < -0.39 is 0 Å². The summed E-state index contributed by atoms with van der Waals surface area (Å²) in [5, 5.41) is 15.1. The van der Waals surface area contributed by atoms with Crippen molar-refractivity contribution in [3.05, 3.63) is 12.7 Å². The Kier molecular flexibility index (Phi) is 5.34. The highest BCUT2D eigenvalue weighted by atomic mass is 16.5. The Hall–Kier alpha value is -1.27. The van der Waals surface area contributed by atoms with Gasteiger partial charge in [0.25, 0.3) is 0 Å². The molecule has 124 valence electrons. The van der Waals surface area contributed by atoms with Crippen molar-refractivity contribution in [2.24, 2.45) is 5.92 Å². The summed E-state index contributed by atoms with van der Waals surface area (Å²) in [6.07, 6.45) is 8.60. The summed E-state index contributed by atoms with van der Waals surface area (Å²) in [6, 6.07) is 0. The molecular formula is C16H29N5O. The van der Waals surface area contributed by atoms with Crippen molar-refractivity contribution in [1.82, 2.24) is 20.0 Å². The van der Waals surface area contributed by atoms with Crippen LogP contribution in [0.5, 0.6) is 0 Å². The highest BCUT2D eigenvalue weighted by Crippen LogP contribution is 2.41. The Balaban J connectivity index is 1.71. The second-order valence-corrected chi connectivity index (χ2v) is 7.60. The number of piperidine rings is 1. The molecule has 0 saturated carbocycles. The van der Waals surface area contributed by atoms with Crippen LogP contribution in [0.1, 0.15) is 59.8 Å². The lowest BCUT2D eigenvalue weighted by atomic mass is 9.73. The molecule has 0 spiro atoms. The molecule has 1 aromatic rings. The number of nitrogens with one attached hydrogen (secondary N) is 1. The van der Waals surface area contributed by atoms with Gasteiger partial charge in [0.15, 0.2) is 0 Å². The summed E-state index contributed by atoms with van der Waals surface area (Å²) in [7, 11) is 0. The van der Waals surface area contributed by atoms with Crippen LogP contribution in [0, 0.1) is 5.92 Å². The first-order chi connectivity index (χ1) is 10.3. The summed E-state index contributed by atoms with van der Waals surface area (Å²) >= 11 is 0. The smallest absolute Gasteiger partial charge is 0.225 e. The summed E-state index contributed by atoms with van der Waals surface area (Å²) in [4.78, 5) is 11.9. The number of hydroxylamine groups is 2. The number of nitrogens with zero attached hydrogens (tertiary/aromatic N) is 4. The van der Waals surface area contributed by atoms with Crippen LogP contribution in [0.3, 0.4) is 0 Å². The van der Waals surface area contributed by atoms with E-state index in [9.17, 15) is 5.21 Å². The second-order valence-electron chi connectivity index (χ2n) is 7.60. The highest BCUT2D eigenvalue weighted by molar-refractivity contribution is 5.19. The largest absolute Gasteiger partial charge is 0.354 e. The first-order valence-electron chi connectivity index (χ1n) is 8.16. The van der Waals surface area contributed by atoms with E-state index in [0.717, 1.165) is 25.8 Å². The van der Waals surface area contributed by atoms with E-state index in [1.165, 1.54) is 25.5 Å². The van der Waals surface area contributed by atoms with Crippen LogP contribution in [-0.2, 0) is 0 Å². The van der Waals surface area contributed by atoms with Crippen LogP contribution >= 0.6 is 0 Å². The van der Waals surface area contributed by atoms with Gasteiger partial charge in [-0.2, -0.15) is 5.06 Å².